The van der Waals surface area contributed by atoms with E-state index in [1.54, 1.807) is 0 Å². The molecular formula is C30H36N6O. The van der Waals surface area contributed by atoms with E-state index in [0.717, 1.165) is 73.0 Å². The van der Waals surface area contributed by atoms with E-state index in [9.17, 15) is 4.79 Å². The monoisotopic (exact) mass is 496 g/mol. The molecule has 7 nitrogen and oxygen atoms in total. The molecule has 0 radical (unpaired) electrons. The summed E-state index contributed by atoms with van der Waals surface area (Å²) in [6, 6.07) is 17.2. The Kier molecular flexibility index (Phi) is 6.63. The van der Waals surface area contributed by atoms with Crippen molar-refractivity contribution in [1.82, 2.24) is 30.1 Å². The Labute approximate surface area is 217 Å². The number of likely N-dealkylation sites (tertiary alicyclic amines) is 1. The highest BCUT2D eigenvalue weighted by Gasteiger charge is 2.35. The highest BCUT2D eigenvalue weighted by atomic mass is 16.1. The minimum atomic E-state index is -0.262. The average molecular weight is 497 g/mol. The van der Waals surface area contributed by atoms with Crippen molar-refractivity contribution in [2.24, 2.45) is 5.92 Å². The number of hydrogen-bond acceptors (Lipinski definition) is 5. The lowest BCUT2D eigenvalue weighted by Gasteiger charge is -2.37. The Morgan fingerprint density at radius 2 is 1.76 bits per heavy atom. The van der Waals surface area contributed by atoms with Gasteiger partial charge in [-0.1, -0.05) is 49.2 Å². The molecule has 2 aromatic heterocycles. The Morgan fingerprint density at radius 1 is 1.00 bits per heavy atom. The molecule has 0 unspecified atom stereocenters. The van der Waals surface area contributed by atoms with Crippen molar-refractivity contribution >= 4 is 10.9 Å². The van der Waals surface area contributed by atoms with Gasteiger partial charge in [0, 0.05) is 16.5 Å². The van der Waals surface area contributed by atoms with Crippen LogP contribution in [0.5, 0.6) is 0 Å². The molecule has 192 valence electrons. The van der Waals surface area contributed by atoms with Crippen LogP contribution in [0.15, 0.2) is 53.3 Å². The van der Waals surface area contributed by atoms with Gasteiger partial charge >= 0.3 is 0 Å². The predicted octanol–water partition coefficient (Wildman–Crippen LogP) is 5.29. The van der Waals surface area contributed by atoms with E-state index >= 15 is 0 Å². The van der Waals surface area contributed by atoms with Crippen LogP contribution in [0.1, 0.15) is 78.7 Å². The fourth-order valence-corrected chi connectivity index (χ4v) is 6.54. The van der Waals surface area contributed by atoms with Crippen LogP contribution in [-0.2, 0) is 6.42 Å². The maximum atomic E-state index is 13.6. The van der Waals surface area contributed by atoms with E-state index in [4.69, 9.17) is 0 Å². The number of fused-ring (bicyclic) bond motifs is 1. The molecule has 3 heterocycles. The number of hydrogen-bond donors (Lipinski definition) is 1. The Morgan fingerprint density at radius 3 is 2.51 bits per heavy atom. The predicted molar refractivity (Wildman–Crippen MR) is 146 cm³/mol. The highest BCUT2D eigenvalue weighted by molar-refractivity contribution is 5.83. The lowest BCUT2D eigenvalue weighted by Crippen LogP contribution is -2.41. The summed E-state index contributed by atoms with van der Waals surface area (Å²) < 4.78 is 2.03. The van der Waals surface area contributed by atoms with Crippen LogP contribution in [0.3, 0.4) is 0 Å². The molecule has 0 bridgehead atoms. The summed E-state index contributed by atoms with van der Waals surface area (Å²) in [5.74, 6) is 1.45. The number of H-pyrrole nitrogens is 1. The minimum absolute atomic E-state index is 0.0464. The summed E-state index contributed by atoms with van der Waals surface area (Å²) in [7, 11) is 0. The molecule has 4 aromatic rings. The van der Waals surface area contributed by atoms with Gasteiger partial charge < -0.3 is 4.98 Å². The van der Waals surface area contributed by atoms with Gasteiger partial charge in [-0.05, 0) is 104 Å². The number of aromatic amines is 1. The summed E-state index contributed by atoms with van der Waals surface area (Å²) in [5, 5.41) is 14.2. The van der Waals surface area contributed by atoms with Crippen molar-refractivity contribution in [2.75, 3.05) is 13.1 Å². The second-order valence-corrected chi connectivity index (χ2v) is 11.1. The first-order valence-corrected chi connectivity index (χ1v) is 13.8. The molecule has 37 heavy (non-hydrogen) atoms. The number of aryl methyl sites for hydroxylation is 2. The third kappa shape index (κ3) is 4.85. The summed E-state index contributed by atoms with van der Waals surface area (Å²) in [5.41, 5.74) is 5.31. The van der Waals surface area contributed by atoms with Gasteiger partial charge in [-0.15, -0.1) is 5.10 Å². The number of nitrogens with zero attached hydrogens (tertiary/aromatic N) is 5. The van der Waals surface area contributed by atoms with E-state index in [1.165, 1.54) is 24.0 Å². The zero-order valence-corrected chi connectivity index (χ0v) is 21.9. The lowest BCUT2D eigenvalue weighted by atomic mass is 9.88. The molecular weight excluding hydrogens is 460 g/mol. The standard InChI is InChI=1S/C30H36N6O/c1-20-16-21(2)25-19-26(30(37)31-27(25)17-20)28(29-32-33-34-36(29)24-10-6-7-11-24)35-14-12-23(13-15-35)18-22-8-4-3-5-9-22/h3-5,8-9,16-17,19,23-24,28H,6-7,10-15,18H2,1-2H3,(H,31,37)/t28-/m1/s1. The average Bonchev–Trinajstić information content (AvgIpc) is 3.59. The Bertz CT molecular complexity index is 1430. The quantitative estimate of drug-likeness (QED) is 0.392. The first kappa shape index (κ1) is 24.0. The van der Waals surface area contributed by atoms with Crippen molar-refractivity contribution in [3.63, 3.8) is 0 Å². The third-order valence-corrected chi connectivity index (χ3v) is 8.45. The van der Waals surface area contributed by atoms with E-state index in [0.29, 0.717) is 12.0 Å². The summed E-state index contributed by atoms with van der Waals surface area (Å²) >= 11 is 0. The van der Waals surface area contributed by atoms with Gasteiger partial charge in [0.1, 0.15) is 6.04 Å². The summed E-state index contributed by atoms with van der Waals surface area (Å²) in [6.07, 6.45) is 7.89. The van der Waals surface area contributed by atoms with Crippen LogP contribution >= 0.6 is 0 Å². The third-order valence-electron chi connectivity index (χ3n) is 8.45. The normalized spacial score (nSPS) is 18.5. The molecule has 7 heteroatoms. The molecule has 2 aliphatic rings. The van der Waals surface area contributed by atoms with Crippen molar-refractivity contribution in [3.8, 4) is 0 Å². The number of pyridine rings is 1. The van der Waals surface area contributed by atoms with Crippen molar-refractivity contribution < 1.29 is 0 Å². The smallest absolute Gasteiger partial charge is 0.253 e. The first-order valence-electron chi connectivity index (χ1n) is 13.8. The molecule has 1 aliphatic carbocycles. The van der Waals surface area contributed by atoms with E-state index in [2.05, 4.69) is 87.8 Å². The van der Waals surface area contributed by atoms with Crippen LogP contribution in [0.25, 0.3) is 10.9 Å². The minimum Gasteiger partial charge on any atom is -0.322 e. The van der Waals surface area contributed by atoms with E-state index in [-0.39, 0.29) is 11.6 Å². The molecule has 6 rings (SSSR count). The number of aromatic nitrogens is 5. The van der Waals surface area contributed by atoms with Gasteiger partial charge in [0.25, 0.3) is 5.56 Å². The van der Waals surface area contributed by atoms with Crippen LogP contribution in [0, 0.1) is 19.8 Å². The van der Waals surface area contributed by atoms with Crippen LogP contribution in [0.4, 0.5) is 0 Å². The van der Waals surface area contributed by atoms with Gasteiger partial charge in [0.2, 0.25) is 0 Å². The first-order chi connectivity index (χ1) is 18.1. The van der Waals surface area contributed by atoms with Crippen LogP contribution in [0.2, 0.25) is 0 Å². The molecule has 1 atom stereocenters. The maximum Gasteiger partial charge on any atom is 0.253 e. The fraction of sp³-hybridized carbons (Fsp3) is 0.467. The summed E-state index contributed by atoms with van der Waals surface area (Å²) in [6.45, 7) is 6.02. The Balaban J connectivity index is 1.37. The van der Waals surface area contributed by atoms with Crippen molar-refractivity contribution in [1.29, 1.82) is 0 Å². The number of rotatable bonds is 6. The molecule has 2 aromatic carbocycles. The number of piperidine rings is 1. The zero-order valence-electron chi connectivity index (χ0n) is 21.9. The topological polar surface area (TPSA) is 79.7 Å². The number of nitrogens with one attached hydrogen (secondary N) is 1. The second kappa shape index (κ2) is 10.2. The fourth-order valence-electron chi connectivity index (χ4n) is 6.54. The molecule has 1 aliphatic heterocycles. The largest absolute Gasteiger partial charge is 0.322 e. The molecule has 0 amide bonds. The van der Waals surface area contributed by atoms with Gasteiger partial charge in [0.05, 0.1) is 6.04 Å². The molecule has 1 saturated heterocycles. The second-order valence-electron chi connectivity index (χ2n) is 11.1. The van der Waals surface area contributed by atoms with Gasteiger partial charge in [-0.2, -0.15) is 0 Å². The van der Waals surface area contributed by atoms with Gasteiger partial charge in [0.15, 0.2) is 5.82 Å². The van der Waals surface area contributed by atoms with E-state index in [1.807, 2.05) is 4.68 Å². The zero-order chi connectivity index (χ0) is 25.4. The van der Waals surface area contributed by atoms with E-state index < -0.39 is 0 Å². The van der Waals surface area contributed by atoms with Gasteiger partial charge in [-0.3, -0.25) is 9.69 Å². The molecule has 0 spiro atoms. The summed E-state index contributed by atoms with van der Waals surface area (Å²) in [4.78, 5) is 19.2. The molecule has 2 fully saturated rings. The lowest BCUT2D eigenvalue weighted by molar-refractivity contribution is 0.141. The SMILES string of the molecule is Cc1cc(C)c2cc([C@H](c3nnnn3C3CCCC3)N3CCC(Cc4ccccc4)CC3)c(=O)[nH]c2c1. The number of tetrazole rings is 1. The van der Waals surface area contributed by atoms with Crippen molar-refractivity contribution in [2.45, 2.75) is 70.9 Å². The van der Waals surface area contributed by atoms with Crippen LogP contribution < -0.4 is 5.56 Å². The number of benzene rings is 2. The van der Waals surface area contributed by atoms with Gasteiger partial charge in [-0.25, -0.2) is 4.68 Å². The van der Waals surface area contributed by atoms with Crippen LogP contribution in [-0.4, -0.2) is 43.2 Å². The molecule has 1 saturated carbocycles. The highest BCUT2D eigenvalue weighted by Crippen LogP contribution is 2.36. The maximum absolute atomic E-state index is 13.6. The molecule has 1 N–H and O–H groups in total. The Hall–Kier alpha value is -3.32. The van der Waals surface area contributed by atoms with Crippen molar-refractivity contribution in [3.05, 3.63) is 87.0 Å².